The predicted octanol–water partition coefficient (Wildman–Crippen LogP) is 4.31. The van der Waals surface area contributed by atoms with Crippen LogP contribution in [-0.2, 0) is 9.53 Å². The number of hydrogen-bond donors (Lipinski definition) is 1. The Morgan fingerprint density at radius 3 is 2.45 bits per heavy atom. The maximum absolute atomic E-state index is 12.0. The first-order valence-corrected chi connectivity index (χ1v) is 8.42. The fourth-order valence-electron chi connectivity index (χ4n) is 2.37. The van der Waals surface area contributed by atoms with Gasteiger partial charge < -0.3 is 10.1 Å². The van der Waals surface area contributed by atoms with E-state index in [9.17, 15) is 4.79 Å². The van der Waals surface area contributed by atoms with E-state index in [4.69, 9.17) is 4.74 Å². The normalized spacial score (nSPS) is 14.0. The van der Waals surface area contributed by atoms with Gasteiger partial charge in [0, 0.05) is 26.2 Å². The third kappa shape index (κ3) is 10.2. The van der Waals surface area contributed by atoms with Gasteiger partial charge in [0.2, 0.25) is 5.91 Å². The van der Waals surface area contributed by atoms with Gasteiger partial charge in [0.15, 0.2) is 0 Å². The molecule has 0 aliphatic rings. The van der Waals surface area contributed by atoms with Crippen molar-refractivity contribution in [2.24, 2.45) is 5.41 Å². The van der Waals surface area contributed by atoms with Gasteiger partial charge in [0.1, 0.15) is 0 Å². The molecule has 0 heterocycles. The highest BCUT2D eigenvalue weighted by molar-refractivity contribution is 5.76. The number of hydrogen-bond acceptors (Lipinski definition) is 2. The second-order valence-corrected chi connectivity index (χ2v) is 6.05. The molecule has 0 aromatic carbocycles. The van der Waals surface area contributed by atoms with Gasteiger partial charge in [-0.05, 0) is 25.2 Å². The summed E-state index contributed by atoms with van der Waals surface area (Å²) in [5.41, 5.74) is 0.164. The molecule has 0 spiro atoms. The van der Waals surface area contributed by atoms with Gasteiger partial charge in [-0.3, -0.25) is 4.79 Å². The number of carbonyl (C=O) groups is 1. The van der Waals surface area contributed by atoms with E-state index in [2.05, 4.69) is 26.1 Å². The third-order valence-corrected chi connectivity index (χ3v) is 4.07. The summed E-state index contributed by atoms with van der Waals surface area (Å²) in [5, 5.41) is 3.01. The molecular formula is C17H35NO2. The average molecular weight is 285 g/mol. The maximum Gasteiger partial charge on any atom is 0.220 e. The highest BCUT2D eigenvalue weighted by Crippen LogP contribution is 2.32. The molecule has 0 radical (unpaired) electrons. The molecule has 0 aliphatic carbocycles. The van der Waals surface area contributed by atoms with E-state index in [-0.39, 0.29) is 11.3 Å². The number of amides is 1. The average Bonchev–Trinajstić information content (AvgIpc) is 2.43. The molecule has 3 nitrogen and oxygen atoms in total. The van der Waals surface area contributed by atoms with Crippen LogP contribution in [0, 0.1) is 5.41 Å². The van der Waals surface area contributed by atoms with Crippen LogP contribution in [0.25, 0.3) is 0 Å². The first-order valence-electron chi connectivity index (χ1n) is 8.42. The zero-order valence-electron chi connectivity index (χ0n) is 14.1. The summed E-state index contributed by atoms with van der Waals surface area (Å²) in [6.45, 7) is 10.9. The Balaban J connectivity index is 3.85. The fourth-order valence-corrected chi connectivity index (χ4v) is 2.37. The lowest BCUT2D eigenvalue weighted by atomic mass is 9.79. The lowest BCUT2D eigenvalue weighted by Crippen LogP contribution is -2.31. The van der Waals surface area contributed by atoms with Crippen molar-refractivity contribution in [3.8, 4) is 0 Å². The zero-order valence-corrected chi connectivity index (χ0v) is 14.1. The molecule has 0 aromatic rings. The molecule has 0 saturated heterocycles. The summed E-state index contributed by atoms with van der Waals surface area (Å²) in [6, 6.07) is 0. The Bertz CT molecular complexity index is 243. The van der Waals surface area contributed by atoms with Crippen molar-refractivity contribution in [2.45, 2.75) is 79.1 Å². The molecule has 1 amide bonds. The van der Waals surface area contributed by atoms with Gasteiger partial charge in [0.05, 0.1) is 0 Å². The maximum atomic E-state index is 12.0. The summed E-state index contributed by atoms with van der Waals surface area (Å²) < 4.78 is 5.26. The number of rotatable bonds is 13. The molecule has 1 N–H and O–H groups in total. The number of carbonyl (C=O) groups excluding carboxylic acids is 1. The molecule has 120 valence electrons. The van der Waals surface area contributed by atoms with Gasteiger partial charge in [-0.25, -0.2) is 0 Å². The van der Waals surface area contributed by atoms with E-state index in [0.717, 1.165) is 39.0 Å². The van der Waals surface area contributed by atoms with Crippen LogP contribution in [0.4, 0.5) is 0 Å². The van der Waals surface area contributed by atoms with Crippen molar-refractivity contribution in [1.29, 1.82) is 0 Å². The van der Waals surface area contributed by atoms with Crippen LogP contribution in [-0.4, -0.2) is 25.7 Å². The molecule has 0 rings (SSSR count). The Labute approximate surface area is 125 Å². The topological polar surface area (TPSA) is 38.3 Å². The van der Waals surface area contributed by atoms with Crippen molar-refractivity contribution in [3.63, 3.8) is 0 Å². The Hall–Kier alpha value is -0.570. The van der Waals surface area contributed by atoms with Gasteiger partial charge in [0.25, 0.3) is 0 Å². The summed E-state index contributed by atoms with van der Waals surface area (Å²) >= 11 is 0. The summed E-state index contributed by atoms with van der Waals surface area (Å²) in [6.07, 6.45) is 8.91. The van der Waals surface area contributed by atoms with Crippen LogP contribution in [0.3, 0.4) is 0 Å². The van der Waals surface area contributed by atoms with Crippen LogP contribution in [0.1, 0.15) is 79.1 Å². The van der Waals surface area contributed by atoms with E-state index in [1.807, 2.05) is 6.92 Å². The summed E-state index contributed by atoms with van der Waals surface area (Å²) in [5.74, 6) is 0.196. The molecule has 0 bridgehead atoms. The monoisotopic (exact) mass is 285 g/mol. The van der Waals surface area contributed by atoms with Crippen LogP contribution in [0.5, 0.6) is 0 Å². The largest absolute Gasteiger partial charge is 0.382 e. The first kappa shape index (κ1) is 19.4. The minimum Gasteiger partial charge on any atom is -0.382 e. The molecule has 1 atom stereocenters. The molecule has 0 saturated carbocycles. The van der Waals surface area contributed by atoms with E-state index in [1.165, 1.54) is 25.7 Å². The molecule has 0 fully saturated rings. The van der Waals surface area contributed by atoms with E-state index >= 15 is 0 Å². The Kier molecular flexibility index (Phi) is 11.8. The van der Waals surface area contributed by atoms with E-state index < -0.39 is 0 Å². The molecule has 3 heteroatoms. The lowest BCUT2D eigenvalue weighted by Gasteiger charge is -2.27. The zero-order chi connectivity index (χ0) is 15.3. The van der Waals surface area contributed by atoms with Crippen molar-refractivity contribution >= 4 is 5.91 Å². The molecular weight excluding hydrogens is 250 g/mol. The van der Waals surface area contributed by atoms with Crippen molar-refractivity contribution in [2.75, 3.05) is 19.8 Å². The van der Waals surface area contributed by atoms with Crippen LogP contribution in [0.2, 0.25) is 0 Å². The van der Waals surface area contributed by atoms with Crippen molar-refractivity contribution < 1.29 is 9.53 Å². The fraction of sp³-hybridized carbons (Fsp3) is 0.941. The second kappa shape index (κ2) is 12.2. The summed E-state index contributed by atoms with van der Waals surface area (Å²) in [4.78, 5) is 12.0. The Morgan fingerprint density at radius 1 is 1.10 bits per heavy atom. The lowest BCUT2D eigenvalue weighted by molar-refractivity contribution is -0.123. The standard InChI is InChI=1S/C17H35NO2/c1-5-8-9-10-12-17(4,6-2)15-16(19)18-13-11-14-20-7-3/h5-15H2,1-4H3,(H,18,19). The van der Waals surface area contributed by atoms with Gasteiger partial charge in [-0.15, -0.1) is 0 Å². The van der Waals surface area contributed by atoms with Crippen LogP contribution in [0.15, 0.2) is 0 Å². The highest BCUT2D eigenvalue weighted by Gasteiger charge is 2.24. The highest BCUT2D eigenvalue weighted by atomic mass is 16.5. The minimum absolute atomic E-state index is 0.164. The molecule has 0 aromatic heterocycles. The summed E-state index contributed by atoms with van der Waals surface area (Å²) in [7, 11) is 0. The number of ether oxygens (including phenoxy) is 1. The van der Waals surface area contributed by atoms with Crippen molar-refractivity contribution in [1.82, 2.24) is 5.32 Å². The van der Waals surface area contributed by atoms with Gasteiger partial charge in [-0.1, -0.05) is 52.9 Å². The van der Waals surface area contributed by atoms with Crippen LogP contribution >= 0.6 is 0 Å². The van der Waals surface area contributed by atoms with Crippen LogP contribution < -0.4 is 5.32 Å². The quantitative estimate of drug-likeness (QED) is 0.512. The third-order valence-electron chi connectivity index (χ3n) is 4.07. The minimum atomic E-state index is 0.164. The molecule has 20 heavy (non-hydrogen) atoms. The SMILES string of the molecule is CCCCCCC(C)(CC)CC(=O)NCCCOCC. The van der Waals surface area contributed by atoms with Gasteiger partial charge in [-0.2, -0.15) is 0 Å². The second-order valence-electron chi connectivity index (χ2n) is 6.05. The smallest absolute Gasteiger partial charge is 0.220 e. The molecule has 1 unspecified atom stereocenters. The Morgan fingerprint density at radius 2 is 1.85 bits per heavy atom. The van der Waals surface area contributed by atoms with E-state index in [1.54, 1.807) is 0 Å². The van der Waals surface area contributed by atoms with E-state index in [0.29, 0.717) is 6.42 Å². The molecule has 0 aliphatic heterocycles. The first-order chi connectivity index (χ1) is 9.58. The predicted molar refractivity (Wildman–Crippen MR) is 85.9 cm³/mol. The van der Waals surface area contributed by atoms with Crippen molar-refractivity contribution in [3.05, 3.63) is 0 Å². The number of unbranched alkanes of at least 4 members (excludes halogenated alkanes) is 3. The number of nitrogens with one attached hydrogen (secondary N) is 1. The van der Waals surface area contributed by atoms with Gasteiger partial charge >= 0.3 is 0 Å².